The highest BCUT2D eigenvalue weighted by molar-refractivity contribution is 7.14. The van der Waals surface area contributed by atoms with Crippen LogP contribution in [0.1, 0.15) is 169 Å². The summed E-state index contributed by atoms with van der Waals surface area (Å²) in [6, 6.07) is 10.0. The van der Waals surface area contributed by atoms with Crippen molar-refractivity contribution in [2.75, 3.05) is 36.8 Å². The van der Waals surface area contributed by atoms with Gasteiger partial charge >= 0.3 is 6.09 Å². The van der Waals surface area contributed by atoms with E-state index in [9.17, 15) is 33.6 Å². The third-order valence-corrected chi connectivity index (χ3v) is 18.8. The molecule has 12 heterocycles. The predicted molar refractivity (Wildman–Crippen MR) is 353 cm³/mol. The first kappa shape index (κ1) is 65.1. The number of carbonyl (C=O) groups excluding carboxylic acids is 7. The van der Waals surface area contributed by atoms with Crippen molar-refractivity contribution in [2.24, 2.45) is 0 Å². The lowest BCUT2D eigenvalue weighted by Crippen LogP contribution is -2.47. The van der Waals surface area contributed by atoms with Crippen molar-refractivity contribution in [3.63, 3.8) is 0 Å². The van der Waals surface area contributed by atoms with Crippen molar-refractivity contribution < 1.29 is 47.1 Å². The van der Waals surface area contributed by atoms with Gasteiger partial charge in [-0.05, 0) is 134 Å². The standard InChI is InChI=1S/C37H37FN8O5S.C32H29FN8O3S/c1-37(2,3)51-36(50)44-14-10-24(11-15-44)42-32(47)28-9-8-22(19-40-28)6-7-23-17-25-26(27(38)18-23)20-46(34(25)49)31(33(48)43-35-39-12-16-52-35)30-29-5-4-13-45(29)21-41-30;33-24-15-20(4-3-19-5-6-25(36-16-19)29(42)38-21-7-9-34-10-8-21)14-22-23(24)17-41(31(22)44)28(30(43)39-32-35-11-13-45-32)27-26-2-1-12-40(26)18-37-27/h8-9,12,16-19,21,24,31H,4-5,10-11,13-15,20H2,1-3H3,(H,42,47)(H,39,43,48);5-6,11,13-16,18,21,28,34H,1-2,7-10,12,17H2,(H,38,42)(H,35,39,43)/t;28-/m.1/s1. The first-order valence-electron chi connectivity index (χ1n) is 31.9. The smallest absolute Gasteiger partial charge is 0.410 e. The molecule has 2 fully saturated rings. The first-order valence-corrected chi connectivity index (χ1v) is 33.7. The first-order chi connectivity index (χ1) is 46.9. The van der Waals surface area contributed by atoms with Crippen LogP contribution < -0.4 is 26.6 Å². The Bertz CT molecular complexity index is 4500. The number of thiazole rings is 2. The topological polar surface area (TPSA) is 286 Å². The van der Waals surface area contributed by atoms with Crippen molar-refractivity contribution in [2.45, 2.75) is 128 Å². The number of imidazole rings is 2. The summed E-state index contributed by atoms with van der Waals surface area (Å²) in [5.41, 5.74) is 4.97. The molecule has 6 aliphatic heterocycles. The van der Waals surface area contributed by atoms with Gasteiger partial charge in [0, 0.05) is 130 Å². The Balaban J connectivity index is 0.000000177. The minimum Gasteiger partial charge on any atom is -0.444 e. The molecule has 0 bridgehead atoms. The Kier molecular flexibility index (Phi) is 18.8. The van der Waals surface area contributed by atoms with Gasteiger partial charge in [0.15, 0.2) is 22.3 Å². The number of nitrogens with zero attached hydrogens (tertiary/aromatic N) is 11. The van der Waals surface area contributed by atoms with Crippen molar-refractivity contribution in [3.8, 4) is 23.7 Å². The zero-order chi connectivity index (χ0) is 67.5. The molecule has 0 saturated carbocycles. The fourth-order valence-electron chi connectivity index (χ4n) is 12.7. The SMILES string of the molecule is CC(C)(C)OC(=O)N1CCC(NC(=O)c2ccc(C#Cc3cc(F)c4c(c3)C(=O)N(C(C(=O)Nc3nccs3)c3ncn5c3CCC5)C4)cn2)CC1.O=C(NC1CCNCC1)c1ccc(C#Cc2cc(F)c3c(c2)C(=O)N([C@@H](C(=O)Nc2nccs2)c2ncn4c2CCC4)C3)cn1. The maximum Gasteiger partial charge on any atom is 0.410 e. The monoisotopic (exact) mass is 1350 g/mol. The predicted octanol–water partition coefficient (Wildman–Crippen LogP) is 7.72. The molecular weight excluding hydrogens is 1280 g/mol. The highest BCUT2D eigenvalue weighted by Crippen LogP contribution is 2.39. The van der Waals surface area contributed by atoms with E-state index in [4.69, 9.17) is 4.74 Å². The van der Waals surface area contributed by atoms with Crippen LogP contribution in [0.2, 0.25) is 0 Å². The minimum atomic E-state index is -1.08. The van der Waals surface area contributed by atoms with Gasteiger partial charge in [-0.1, -0.05) is 23.7 Å². The zero-order valence-electron chi connectivity index (χ0n) is 53.1. The number of amides is 7. The van der Waals surface area contributed by atoms with Gasteiger partial charge in [-0.2, -0.15) is 0 Å². The molecule has 2 aromatic carbocycles. The van der Waals surface area contributed by atoms with E-state index in [1.165, 1.54) is 63.1 Å². The summed E-state index contributed by atoms with van der Waals surface area (Å²) in [5.74, 6) is 8.04. The number of nitrogens with one attached hydrogen (secondary N) is 5. The van der Waals surface area contributed by atoms with Gasteiger partial charge in [0.1, 0.15) is 28.6 Å². The van der Waals surface area contributed by atoms with Crippen LogP contribution in [-0.2, 0) is 53.3 Å². The molecule has 7 amide bonds. The van der Waals surface area contributed by atoms with Crippen molar-refractivity contribution in [1.29, 1.82) is 0 Å². The number of hydrogen-bond donors (Lipinski definition) is 5. The molecule has 6 aliphatic rings. The molecule has 1 unspecified atom stereocenters. The summed E-state index contributed by atoms with van der Waals surface area (Å²) in [4.78, 5) is 123. The number of anilines is 2. The molecule has 24 nitrogen and oxygen atoms in total. The number of piperidine rings is 2. The van der Waals surface area contributed by atoms with E-state index < -0.39 is 52.9 Å². The van der Waals surface area contributed by atoms with E-state index in [1.54, 1.807) is 71.0 Å². The Hall–Kier alpha value is -10.5. The van der Waals surface area contributed by atoms with E-state index in [-0.39, 0.29) is 76.6 Å². The average Bonchev–Trinajstić information content (AvgIpc) is 1.61. The van der Waals surface area contributed by atoms with Crippen LogP contribution >= 0.6 is 22.7 Å². The maximum atomic E-state index is 15.6. The molecular formula is C69H66F2N16O8S2. The summed E-state index contributed by atoms with van der Waals surface area (Å²) in [6.45, 7) is 9.54. The largest absolute Gasteiger partial charge is 0.444 e. The summed E-state index contributed by atoms with van der Waals surface area (Å²) in [7, 11) is 0. The fraction of sp³-hybridized carbons (Fsp3) is 0.348. The second kappa shape index (κ2) is 28.0. The van der Waals surface area contributed by atoms with E-state index in [1.807, 2.05) is 29.9 Å². The van der Waals surface area contributed by atoms with Crippen molar-refractivity contribution in [1.82, 2.24) is 69.7 Å². The number of benzene rings is 2. The minimum absolute atomic E-state index is 0.0826. The summed E-state index contributed by atoms with van der Waals surface area (Å²) < 4.78 is 40.4. The van der Waals surface area contributed by atoms with Crippen LogP contribution in [-0.4, -0.2) is 139 Å². The van der Waals surface area contributed by atoms with E-state index in [0.29, 0.717) is 70.0 Å². The molecule has 6 aromatic heterocycles. The molecule has 2 atom stereocenters. The van der Waals surface area contributed by atoms with Gasteiger partial charge in [0.05, 0.1) is 37.1 Å². The summed E-state index contributed by atoms with van der Waals surface area (Å²) in [6.07, 6.45) is 15.3. The number of aryl methyl sites for hydroxylation is 2. The zero-order valence-corrected chi connectivity index (χ0v) is 54.8. The highest BCUT2D eigenvalue weighted by atomic mass is 32.1. The van der Waals surface area contributed by atoms with Gasteiger partial charge in [0.2, 0.25) is 0 Å². The third kappa shape index (κ3) is 14.5. The Morgan fingerprint density at radius 3 is 1.47 bits per heavy atom. The lowest BCUT2D eigenvalue weighted by molar-refractivity contribution is -0.121. The van der Waals surface area contributed by atoms with E-state index in [2.05, 4.69) is 80.2 Å². The second-order valence-electron chi connectivity index (χ2n) is 25.1. The number of aromatic nitrogens is 8. The van der Waals surface area contributed by atoms with Crippen molar-refractivity contribution in [3.05, 3.63) is 187 Å². The molecule has 0 aliphatic carbocycles. The molecule has 2 saturated heterocycles. The summed E-state index contributed by atoms with van der Waals surface area (Å²) in [5, 5.41) is 19.1. The highest BCUT2D eigenvalue weighted by Gasteiger charge is 2.44. The number of carbonyl (C=O) groups is 7. The normalized spacial score (nSPS) is 16.3. The number of likely N-dealkylation sites (tertiary alicyclic amines) is 1. The van der Waals surface area contributed by atoms with Crippen LogP contribution in [0.4, 0.5) is 23.8 Å². The van der Waals surface area contributed by atoms with Crippen LogP contribution in [0.15, 0.2) is 96.7 Å². The van der Waals surface area contributed by atoms with Crippen LogP contribution in [0.5, 0.6) is 0 Å². The second-order valence-corrected chi connectivity index (χ2v) is 26.9. The van der Waals surface area contributed by atoms with Gasteiger partial charge in [0.25, 0.3) is 35.4 Å². The molecule has 97 heavy (non-hydrogen) atoms. The molecule has 0 radical (unpaired) electrons. The number of halogens is 2. The number of pyridine rings is 2. The molecule has 8 aromatic rings. The number of ether oxygens (including phenoxy) is 1. The molecule has 28 heteroatoms. The number of fused-ring (bicyclic) bond motifs is 4. The van der Waals surface area contributed by atoms with E-state index >= 15 is 8.78 Å². The van der Waals surface area contributed by atoms with Crippen LogP contribution in [0, 0.1) is 35.3 Å². The van der Waals surface area contributed by atoms with Gasteiger partial charge < -0.3 is 44.5 Å². The van der Waals surface area contributed by atoms with Gasteiger partial charge in [-0.3, -0.25) is 39.4 Å². The number of rotatable bonds is 12. The van der Waals surface area contributed by atoms with Crippen molar-refractivity contribution >= 4 is 74.5 Å². The molecule has 14 rings (SSSR count). The molecule has 5 N–H and O–H groups in total. The lowest BCUT2D eigenvalue weighted by Gasteiger charge is -2.33. The number of hydrogen-bond acceptors (Lipinski definition) is 17. The Morgan fingerprint density at radius 2 is 1.05 bits per heavy atom. The van der Waals surface area contributed by atoms with Gasteiger partial charge in [-0.25, -0.2) is 43.5 Å². The third-order valence-electron chi connectivity index (χ3n) is 17.4. The Morgan fingerprint density at radius 1 is 0.598 bits per heavy atom. The average molecular weight is 1350 g/mol. The molecule has 0 spiro atoms. The van der Waals surface area contributed by atoms with Crippen LogP contribution in [0.3, 0.4) is 0 Å². The maximum absolute atomic E-state index is 15.6. The lowest BCUT2D eigenvalue weighted by atomic mass is 10.0. The van der Waals surface area contributed by atoms with E-state index in [0.717, 1.165) is 76.1 Å². The summed E-state index contributed by atoms with van der Waals surface area (Å²) >= 11 is 2.52. The molecule has 496 valence electrons. The van der Waals surface area contributed by atoms with Gasteiger partial charge in [-0.15, -0.1) is 22.7 Å². The van der Waals surface area contributed by atoms with Crippen LogP contribution in [0.25, 0.3) is 0 Å². The Labute approximate surface area is 564 Å². The quantitative estimate of drug-likeness (QED) is 0.0732. The fourth-order valence-corrected chi connectivity index (χ4v) is 13.7.